The average molecular weight is 847 g/mol. The number of hydrogen-bond donors (Lipinski definition) is 0. The summed E-state index contributed by atoms with van der Waals surface area (Å²) in [6.07, 6.45) is 64.0. The lowest BCUT2D eigenvalue weighted by atomic mass is 10.0. The Kier molecular flexibility index (Phi) is 46.0. The molecule has 0 amide bonds. The van der Waals surface area contributed by atoms with E-state index < -0.39 is 6.10 Å². The minimum absolute atomic E-state index is 0.107. The Labute approximate surface area is 375 Å². The Balaban J connectivity index is 4.49. The smallest absolute Gasteiger partial charge is 0.306 e. The fraction of sp³-hybridized carbons (Fsp3) is 0.655. The highest BCUT2D eigenvalue weighted by atomic mass is 16.6. The molecule has 0 bridgehead atoms. The second kappa shape index (κ2) is 49.0. The molecule has 0 spiro atoms. The first-order valence-electron chi connectivity index (χ1n) is 24.8. The van der Waals surface area contributed by atoms with Crippen LogP contribution >= 0.6 is 0 Å². The van der Waals surface area contributed by atoms with Gasteiger partial charge in [-0.3, -0.25) is 14.4 Å². The van der Waals surface area contributed by atoms with Crippen LogP contribution in [0.5, 0.6) is 0 Å². The SMILES string of the molecule is CC\C=C/C=C\C=C/C=C\C=C/CCCCCC(=O)OC(COC(=O)CCCC/C=C\C/C=C\C/C=C\CC)COC(=O)CCCCCCCCCCCCCCCCCC. The largest absolute Gasteiger partial charge is 0.462 e. The quantitative estimate of drug-likeness (QED) is 0.0200. The van der Waals surface area contributed by atoms with Crippen LogP contribution in [0.3, 0.4) is 0 Å². The van der Waals surface area contributed by atoms with E-state index in [1.165, 1.54) is 83.5 Å². The maximum absolute atomic E-state index is 12.8. The summed E-state index contributed by atoms with van der Waals surface area (Å²) in [5, 5.41) is 0. The summed E-state index contributed by atoms with van der Waals surface area (Å²) >= 11 is 0. The molecule has 0 saturated carbocycles. The topological polar surface area (TPSA) is 78.9 Å². The Bertz CT molecular complexity index is 1250. The van der Waals surface area contributed by atoms with E-state index in [1.807, 2.05) is 48.6 Å². The van der Waals surface area contributed by atoms with Crippen LogP contribution in [0.15, 0.2) is 97.2 Å². The van der Waals surface area contributed by atoms with E-state index in [-0.39, 0.29) is 37.5 Å². The predicted octanol–water partition coefficient (Wildman–Crippen LogP) is 16.2. The van der Waals surface area contributed by atoms with Crippen LogP contribution in [0.4, 0.5) is 0 Å². The molecule has 0 aliphatic rings. The van der Waals surface area contributed by atoms with Gasteiger partial charge >= 0.3 is 17.9 Å². The highest BCUT2D eigenvalue weighted by Gasteiger charge is 2.19. The van der Waals surface area contributed by atoms with Crippen molar-refractivity contribution in [2.75, 3.05) is 13.2 Å². The third-order valence-corrected chi connectivity index (χ3v) is 10.2. The summed E-state index contributed by atoms with van der Waals surface area (Å²) in [4.78, 5) is 37.9. The van der Waals surface area contributed by atoms with E-state index in [2.05, 4.69) is 69.4 Å². The Morgan fingerprint density at radius 2 is 0.721 bits per heavy atom. The van der Waals surface area contributed by atoms with Crippen molar-refractivity contribution in [2.45, 2.75) is 219 Å². The molecule has 0 aliphatic carbocycles. The molecular weight excluding hydrogens is 757 g/mol. The normalized spacial score (nSPS) is 12.9. The molecular formula is C55H90O6. The number of unbranched alkanes of at least 4 members (excludes halogenated alkanes) is 20. The fourth-order valence-corrected chi connectivity index (χ4v) is 6.54. The van der Waals surface area contributed by atoms with Crippen molar-refractivity contribution in [1.82, 2.24) is 0 Å². The van der Waals surface area contributed by atoms with E-state index in [0.29, 0.717) is 19.3 Å². The van der Waals surface area contributed by atoms with Crippen molar-refractivity contribution in [3.63, 3.8) is 0 Å². The van der Waals surface area contributed by atoms with Crippen LogP contribution in [0.25, 0.3) is 0 Å². The van der Waals surface area contributed by atoms with Crippen molar-refractivity contribution in [3.05, 3.63) is 97.2 Å². The number of carbonyl (C=O) groups excluding carboxylic acids is 3. The summed E-state index contributed by atoms with van der Waals surface area (Å²) < 4.78 is 16.7. The number of allylic oxidation sites excluding steroid dienone is 16. The number of rotatable bonds is 43. The highest BCUT2D eigenvalue weighted by molar-refractivity contribution is 5.71. The molecule has 6 nitrogen and oxygen atoms in total. The molecule has 0 aliphatic heterocycles. The predicted molar refractivity (Wildman–Crippen MR) is 260 cm³/mol. The summed E-state index contributed by atoms with van der Waals surface area (Å²) in [5.74, 6) is -0.994. The monoisotopic (exact) mass is 847 g/mol. The Morgan fingerprint density at radius 3 is 1.23 bits per heavy atom. The first-order valence-corrected chi connectivity index (χ1v) is 24.8. The Morgan fingerprint density at radius 1 is 0.361 bits per heavy atom. The third kappa shape index (κ3) is 47.2. The number of ether oxygens (including phenoxy) is 3. The van der Waals surface area contributed by atoms with Crippen LogP contribution in [-0.2, 0) is 28.6 Å². The molecule has 0 aromatic heterocycles. The summed E-state index contributed by atoms with van der Waals surface area (Å²) in [6, 6.07) is 0. The maximum atomic E-state index is 12.8. The van der Waals surface area contributed by atoms with Gasteiger partial charge in [-0.1, -0.05) is 221 Å². The molecule has 61 heavy (non-hydrogen) atoms. The Hall–Kier alpha value is -3.67. The van der Waals surface area contributed by atoms with Crippen molar-refractivity contribution >= 4 is 17.9 Å². The summed E-state index contributed by atoms with van der Waals surface area (Å²) in [6.45, 7) is 6.30. The average Bonchev–Trinajstić information content (AvgIpc) is 3.26. The van der Waals surface area contributed by atoms with Crippen molar-refractivity contribution < 1.29 is 28.6 Å². The van der Waals surface area contributed by atoms with Gasteiger partial charge in [-0.2, -0.15) is 0 Å². The molecule has 0 fully saturated rings. The molecule has 0 rings (SSSR count). The number of hydrogen-bond acceptors (Lipinski definition) is 6. The molecule has 0 aromatic rings. The first kappa shape index (κ1) is 57.3. The van der Waals surface area contributed by atoms with Gasteiger partial charge in [0, 0.05) is 19.3 Å². The molecule has 6 heteroatoms. The molecule has 346 valence electrons. The molecule has 0 radical (unpaired) electrons. The first-order chi connectivity index (χ1) is 30.0. The van der Waals surface area contributed by atoms with Gasteiger partial charge in [0.15, 0.2) is 6.10 Å². The van der Waals surface area contributed by atoms with Gasteiger partial charge in [0.1, 0.15) is 13.2 Å². The van der Waals surface area contributed by atoms with Gasteiger partial charge in [0.2, 0.25) is 0 Å². The summed E-state index contributed by atoms with van der Waals surface area (Å²) in [5.41, 5.74) is 0. The lowest BCUT2D eigenvalue weighted by Crippen LogP contribution is -2.30. The van der Waals surface area contributed by atoms with Gasteiger partial charge in [-0.25, -0.2) is 0 Å². The zero-order valence-corrected chi connectivity index (χ0v) is 39.4. The minimum Gasteiger partial charge on any atom is -0.462 e. The van der Waals surface area contributed by atoms with Crippen LogP contribution in [0.2, 0.25) is 0 Å². The molecule has 1 unspecified atom stereocenters. The van der Waals surface area contributed by atoms with E-state index in [1.54, 1.807) is 0 Å². The molecule has 0 heterocycles. The zero-order valence-electron chi connectivity index (χ0n) is 39.4. The van der Waals surface area contributed by atoms with E-state index in [4.69, 9.17) is 14.2 Å². The minimum atomic E-state index is -0.813. The van der Waals surface area contributed by atoms with Gasteiger partial charge in [-0.15, -0.1) is 0 Å². The van der Waals surface area contributed by atoms with E-state index >= 15 is 0 Å². The second-order valence-corrected chi connectivity index (χ2v) is 16.1. The van der Waals surface area contributed by atoms with Gasteiger partial charge in [-0.05, 0) is 70.6 Å². The molecule has 0 N–H and O–H groups in total. The van der Waals surface area contributed by atoms with Crippen molar-refractivity contribution in [3.8, 4) is 0 Å². The third-order valence-electron chi connectivity index (χ3n) is 10.2. The van der Waals surface area contributed by atoms with Crippen LogP contribution < -0.4 is 0 Å². The second-order valence-electron chi connectivity index (χ2n) is 16.1. The molecule has 1 atom stereocenters. The van der Waals surface area contributed by atoms with Crippen molar-refractivity contribution in [2.24, 2.45) is 0 Å². The number of esters is 3. The van der Waals surface area contributed by atoms with Crippen molar-refractivity contribution in [1.29, 1.82) is 0 Å². The van der Waals surface area contributed by atoms with Gasteiger partial charge < -0.3 is 14.2 Å². The van der Waals surface area contributed by atoms with Gasteiger partial charge in [0.25, 0.3) is 0 Å². The fourth-order valence-electron chi connectivity index (χ4n) is 6.54. The van der Waals surface area contributed by atoms with E-state index in [9.17, 15) is 14.4 Å². The maximum Gasteiger partial charge on any atom is 0.306 e. The molecule has 0 aromatic carbocycles. The van der Waals surface area contributed by atoms with Crippen LogP contribution in [-0.4, -0.2) is 37.2 Å². The highest BCUT2D eigenvalue weighted by Crippen LogP contribution is 2.15. The lowest BCUT2D eigenvalue weighted by molar-refractivity contribution is -0.167. The van der Waals surface area contributed by atoms with Crippen LogP contribution in [0, 0.1) is 0 Å². The number of carbonyl (C=O) groups is 3. The zero-order chi connectivity index (χ0) is 44.4. The molecule has 0 saturated heterocycles. The van der Waals surface area contributed by atoms with E-state index in [0.717, 1.165) is 83.5 Å². The summed E-state index contributed by atoms with van der Waals surface area (Å²) in [7, 11) is 0. The van der Waals surface area contributed by atoms with Crippen LogP contribution in [0.1, 0.15) is 213 Å². The lowest BCUT2D eigenvalue weighted by Gasteiger charge is -2.18. The standard InChI is InChI=1S/C55H90O6/c1-4-7-10-13-16-19-22-25-27-29-30-33-36-39-42-45-48-54(57)60-51-52(50-59-53(56)47-44-41-38-35-32-24-21-18-15-12-9-6-3)61-55(58)49-46-43-40-37-34-31-28-26-23-20-17-14-11-8-5-2/h8-9,11-12,14,17-18,20-21,23,26,28,31-32,34-35,52H,4-7,10,13,15-16,19,22,24-25,27,29-30,33,36-51H2,1-3H3/b11-8-,12-9-,17-14-,21-18-,23-20-,28-26-,34-31-,35-32-. The van der Waals surface area contributed by atoms with Gasteiger partial charge in [0.05, 0.1) is 0 Å².